The minimum absolute atomic E-state index is 0.0691. The van der Waals surface area contributed by atoms with Gasteiger partial charge in [0, 0.05) is 52.6 Å². The van der Waals surface area contributed by atoms with Crippen LogP contribution in [0.1, 0.15) is 26.7 Å². The number of carbonyl (C=O) groups is 4. The second-order valence-electron chi connectivity index (χ2n) is 5.59. The maximum Gasteiger partial charge on any atom is 0.246 e. The second-order valence-corrected chi connectivity index (χ2v) is 5.59. The van der Waals surface area contributed by atoms with E-state index >= 15 is 0 Å². The second kappa shape index (κ2) is 13.6. The molecule has 4 amide bonds. The van der Waals surface area contributed by atoms with E-state index < -0.39 is 0 Å². The molecule has 0 unspecified atom stereocenters. The molecule has 0 aliphatic rings. The zero-order chi connectivity index (χ0) is 19.9. The Morgan fingerprint density at radius 3 is 2.00 bits per heavy atom. The summed E-state index contributed by atoms with van der Waals surface area (Å²) < 4.78 is 0. The molecule has 0 aromatic rings. The summed E-state index contributed by atoms with van der Waals surface area (Å²) in [7, 11) is 0. The minimum atomic E-state index is -0.287. The highest BCUT2D eigenvalue weighted by Crippen LogP contribution is 1.98. The number of nitrogens with one attached hydrogen (secondary N) is 2. The molecule has 146 valence electrons. The highest BCUT2D eigenvalue weighted by Gasteiger charge is 2.13. The van der Waals surface area contributed by atoms with E-state index in [1.165, 1.54) is 19.1 Å². The average Bonchev–Trinajstić information content (AvgIpc) is 2.63. The standard InChI is InChI=1S/C18H30N4O4/c1-5-16(24)19-9-13-21(15(4)23)11-8-12-22(18(26)7-3)14-10-20-17(25)6-2/h5,7H,1,3,6,8-14H2,2,4H3,(H,19,24)(H,20,25). The molecular formula is C18H30N4O4. The molecule has 0 bridgehead atoms. The molecule has 0 radical (unpaired) electrons. The molecule has 26 heavy (non-hydrogen) atoms. The lowest BCUT2D eigenvalue weighted by molar-refractivity contribution is -0.129. The number of rotatable bonds is 13. The molecule has 0 aromatic heterocycles. The molecule has 0 saturated heterocycles. The van der Waals surface area contributed by atoms with Crippen molar-refractivity contribution >= 4 is 23.6 Å². The summed E-state index contributed by atoms with van der Waals surface area (Å²) in [5, 5.41) is 5.34. The first-order chi connectivity index (χ1) is 12.3. The van der Waals surface area contributed by atoms with Crippen molar-refractivity contribution in [2.75, 3.05) is 39.3 Å². The first-order valence-electron chi connectivity index (χ1n) is 8.69. The number of carbonyl (C=O) groups excluding carboxylic acids is 4. The van der Waals surface area contributed by atoms with Crippen LogP contribution in [0.4, 0.5) is 0 Å². The van der Waals surface area contributed by atoms with Crippen LogP contribution >= 0.6 is 0 Å². The Balaban J connectivity index is 4.40. The van der Waals surface area contributed by atoms with E-state index in [1.807, 2.05) is 0 Å². The molecule has 2 N–H and O–H groups in total. The maximum atomic E-state index is 11.9. The number of hydrogen-bond donors (Lipinski definition) is 2. The lowest BCUT2D eigenvalue weighted by atomic mass is 10.3. The van der Waals surface area contributed by atoms with Gasteiger partial charge in [0.2, 0.25) is 23.6 Å². The van der Waals surface area contributed by atoms with E-state index in [2.05, 4.69) is 23.8 Å². The first-order valence-corrected chi connectivity index (χ1v) is 8.69. The SMILES string of the molecule is C=CC(=O)NCCN(CCCN(CCNC(=O)CC)C(=O)C=C)C(C)=O. The maximum absolute atomic E-state index is 11.9. The van der Waals surface area contributed by atoms with Crippen LogP contribution in [0.15, 0.2) is 25.3 Å². The Morgan fingerprint density at radius 1 is 0.885 bits per heavy atom. The van der Waals surface area contributed by atoms with Gasteiger partial charge in [-0.25, -0.2) is 0 Å². The zero-order valence-electron chi connectivity index (χ0n) is 15.8. The quantitative estimate of drug-likeness (QED) is 0.451. The third kappa shape index (κ3) is 10.3. The summed E-state index contributed by atoms with van der Waals surface area (Å²) >= 11 is 0. The molecule has 0 rings (SSSR count). The van der Waals surface area contributed by atoms with Crippen molar-refractivity contribution in [3.8, 4) is 0 Å². The Kier molecular flexibility index (Phi) is 12.2. The summed E-state index contributed by atoms with van der Waals surface area (Å²) in [5.74, 6) is -0.677. The van der Waals surface area contributed by atoms with E-state index in [4.69, 9.17) is 0 Å². The van der Waals surface area contributed by atoms with Gasteiger partial charge in [0.05, 0.1) is 0 Å². The van der Waals surface area contributed by atoms with Crippen LogP contribution in [-0.4, -0.2) is 72.7 Å². The molecule has 0 aliphatic heterocycles. The molecule has 0 fully saturated rings. The Bertz CT molecular complexity index is 519. The molecule has 8 heteroatoms. The van der Waals surface area contributed by atoms with Crippen LogP contribution in [0.25, 0.3) is 0 Å². The van der Waals surface area contributed by atoms with Gasteiger partial charge in [0.15, 0.2) is 0 Å². The monoisotopic (exact) mass is 366 g/mol. The Morgan fingerprint density at radius 2 is 1.46 bits per heavy atom. The van der Waals surface area contributed by atoms with Crippen molar-refractivity contribution in [2.45, 2.75) is 26.7 Å². The smallest absolute Gasteiger partial charge is 0.246 e. The third-order valence-electron chi connectivity index (χ3n) is 3.68. The largest absolute Gasteiger partial charge is 0.354 e. The van der Waals surface area contributed by atoms with Crippen molar-refractivity contribution in [3.63, 3.8) is 0 Å². The van der Waals surface area contributed by atoms with E-state index in [0.29, 0.717) is 52.1 Å². The molecule has 0 heterocycles. The van der Waals surface area contributed by atoms with Crippen LogP contribution < -0.4 is 10.6 Å². The first kappa shape index (κ1) is 23.4. The third-order valence-corrected chi connectivity index (χ3v) is 3.68. The van der Waals surface area contributed by atoms with E-state index in [-0.39, 0.29) is 23.6 Å². The van der Waals surface area contributed by atoms with Gasteiger partial charge in [-0.15, -0.1) is 0 Å². The molecule has 8 nitrogen and oxygen atoms in total. The van der Waals surface area contributed by atoms with E-state index in [0.717, 1.165) is 0 Å². The fourth-order valence-corrected chi connectivity index (χ4v) is 2.18. The molecular weight excluding hydrogens is 336 g/mol. The van der Waals surface area contributed by atoms with Gasteiger partial charge in [0.25, 0.3) is 0 Å². The van der Waals surface area contributed by atoms with Crippen LogP contribution in [0.5, 0.6) is 0 Å². The van der Waals surface area contributed by atoms with Crippen LogP contribution in [0.2, 0.25) is 0 Å². The van der Waals surface area contributed by atoms with Gasteiger partial charge in [-0.1, -0.05) is 20.1 Å². The lowest BCUT2D eigenvalue weighted by Gasteiger charge is -2.25. The summed E-state index contributed by atoms with van der Waals surface area (Å²) in [6.45, 7) is 12.4. The molecule has 0 spiro atoms. The fourth-order valence-electron chi connectivity index (χ4n) is 2.18. The molecule has 0 atom stereocenters. The number of hydrogen-bond acceptors (Lipinski definition) is 4. The van der Waals surface area contributed by atoms with Crippen LogP contribution in [0, 0.1) is 0 Å². The lowest BCUT2D eigenvalue weighted by Crippen LogP contribution is -2.41. The topological polar surface area (TPSA) is 98.8 Å². The number of nitrogens with zero attached hydrogens (tertiary/aromatic N) is 2. The minimum Gasteiger partial charge on any atom is -0.354 e. The molecule has 0 saturated carbocycles. The Labute approximate surface area is 155 Å². The fraction of sp³-hybridized carbons (Fsp3) is 0.556. The normalized spacial score (nSPS) is 9.77. The number of amides is 4. The van der Waals surface area contributed by atoms with Gasteiger partial charge < -0.3 is 20.4 Å². The molecule has 0 aliphatic carbocycles. The van der Waals surface area contributed by atoms with E-state index in [1.54, 1.807) is 16.7 Å². The highest BCUT2D eigenvalue weighted by atomic mass is 16.2. The zero-order valence-corrected chi connectivity index (χ0v) is 15.8. The predicted molar refractivity (Wildman–Crippen MR) is 100 cm³/mol. The summed E-state index contributed by atoms with van der Waals surface area (Å²) in [6.07, 6.45) is 3.38. The van der Waals surface area contributed by atoms with Crippen molar-refractivity contribution in [1.29, 1.82) is 0 Å². The summed E-state index contributed by atoms with van der Waals surface area (Å²) in [6, 6.07) is 0. The van der Waals surface area contributed by atoms with Gasteiger partial charge in [-0.3, -0.25) is 19.2 Å². The van der Waals surface area contributed by atoms with Gasteiger partial charge >= 0.3 is 0 Å². The van der Waals surface area contributed by atoms with Crippen molar-refractivity contribution in [1.82, 2.24) is 20.4 Å². The highest BCUT2D eigenvalue weighted by molar-refractivity contribution is 5.87. The summed E-state index contributed by atoms with van der Waals surface area (Å²) in [4.78, 5) is 49.2. The average molecular weight is 366 g/mol. The summed E-state index contributed by atoms with van der Waals surface area (Å²) in [5.41, 5.74) is 0. The van der Waals surface area contributed by atoms with Crippen LogP contribution in [-0.2, 0) is 19.2 Å². The molecule has 0 aromatic carbocycles. The van der Waals surface area contributed by atoms with Gasteiger partial charge in [0.1, 0.15) is 0 Å². The van der Waals surface area contributed by atoms with Crippen LogP contribution in [0.3, 0.4) is 0 Å². The Hall–Kier alpha value is -2.64. The predicted octanol–water partition coefficient (Wildman–Crippen LogP) is 0.0680. The van der Waals surface area contributed by atoms with E-state index in [9.17, 15) is 19.2 Å². The van der Waals surface area contributed by atoms with Crippen molar-refractivity contribution < 1.29 is 19.2 Å². The van der Waals surface area contributed by atoms with Crippen molar-refractivity contribution in [2.24, 2.45) is 0 Å². The van der Waals surface area contributed by atoms with Gasteiger partial charge in [-0.05, 0) is 18.6 Å². The van der Waals surface area contributed by atoms with Gasteiger partial charge in [-0.2, -0.15) is 0 Å². The van der Waals surface area contributed by atoms with Crippen molar-refractivity contribution in [3.05, 3.63) is 25.3 Å².